The van der Waals surface area contributed by atoms with Gasteiger partial charge >= 0.3 is 5.97 Å². The van der Waals surface area contributed by atoms with Crippen molar-refractivity contribution in [2.75, 3.05) is 18.1 Å². The maximum Gasteiger partial charge on any atom is 0.327 e. The number of phenolic OH excluding ortho intramolecular Hbond substituents is 2. The van der Waals surface area contributed by atoms with E-state index in [4.69, 9.17) is 17.2 Å². The number of hydrogen-bond acceptors (Lipinski definition) is 18. The summed E-state index contributed by atoms with van der Waals surface area (Å²) in [5.41, 5.74) is 18.3. The highest BCUT2D eigenvalue weighted by Crippen LogP contribution is 2.15. The fraction of sp³-hybridized carbons (Fsp3) is 0.385. The van der Waals surface area contributed by atoms with Gasteiger partial charge in [-0.1, -0.05) is 54.6 Å². The SMILES string of the molecule is NC(=O)CC[C@H](NC(=O)[C@H](Cc1cnc[nH]1)NC(=O)[C@H](Cc1ccccc1)NC(=O)[C@H](CCC(N)=O)NC(=O)[C@H](CO)NC(=O)[C@H](Cc1ccc(O)cc1)NC(=O)[C@H](Cc1ccc(O)cc1)NC(=O)[C@@H](N)CS)C(=O)N[C@@H](CS)C(=O)O. The lowest BCUT2D eigenvalue weighted by Gasteiger charge is -2.28. The van der Waals surface area contributed by atoms with Gasteiger partial charge in [0.25, 0.3) is 0 Å². The number of carboxylic acid groups (broad SMARTS) is 1. The molecule has 0 fully saturated rings. The minimum absolute atomic E-state index is 0.0774. The van der Waals surface area contributed by atoms with E-state index >= 15 is 0 Å². The summed E-state index contributed by atoms with van der Waals surface area (Å²) in [6, 6.07) is 5.46. The molecule has 1 heterocycles. The quantitative estimate of drug-likeness (QED) is 0.0197. The molecule has 0 aliphatic carbocycles. The molecule has 0 spiro atoms. The molecule has 3 aromatic carbocycles. The monoisotopic (exact) mass is 1180 g/mol. The van der Waals surface area contributed by atoms with Crippen LogP contribution in [0.5, 0.6) is 11.5 Å². The summed E-state index contributed by atoms with van der Waals surface area (Å²) in [6.07, 6.45) is -0.261. The average molecular weight is 1180 g/mol. The molecular weight excluding hydrogens is 1110 g/mol. The van der Waals surface area contributed by atoms with E-state index in [-0.39, 0.29) is 48.7 Å². The zero-order valence-electron chi connectivity index (χ0n) is 44.0. The van der Waals surface area contributed by atoms with Crippen LogP contribution in [0.4, 0.5) is 0 Å². The predicted molar refractivity (Wildman–Crippen MR) is 299 cm³/mol. The number of carboxylic acids is 1. The van der Waals surface area contributed by atoms with Gasteiger partial charge in [-0.05, 0) is 53.8 Å². The number of aliphatic hydroxyl groups is 1. The predicted octanol–water partition coefficient (Wildman–Crippen LogP) is -4.24. The van der Waals surface area contributed by atoms with E-state index in [9.17, 15) is 73.2 Å². The van der Waals surface area contributed by atoms with Crippen molar-refractivity contribution in [1.29, 1.82) is 0 Å². The molecule has 28 nitrogen and oxygen atoms in total. The number of hydrogen-bond donors (Lipinski definition) is 18. The molecule has 442 valence electrons. The average Bonchev–Trinajstić information content (AvgIpc) is 3.98. The van der Waals surface area contributed by atoms with Gasteiger partial charge in [0.2, 0.25) is 59.1 Å². The number of primary amides is 2. The number of aromatic nitrogens is 2. The van der Waals surface area contributed by atoms with Gasteiger partial charge in [0.1, 0.15) is 59.8 Å². The highest BCUT2D eigenvalue weighted by atomic mass is 32.1. The number of phenols is 2. The van der Waals surface area contributed by atoms with Gasteiger partial charge in [-0.2, -0.15) is 25.3 Å². The fourth-order valence-corrected chi connectivity index (χ4v) is 8.21. The normalized spacial score (nSPS) is 14.2. The molecule has 82 heavy (non-hydrogen) atoms. The fourth-order valence-electron chi connectivity index (χ4n) is 7.80. The van der Waals surface area contributed by atoms with E-state index in [1.165, 1.54) is 61.1 Å². The Balaban J connectivity index is 1.63. The Morgan fingerprint density at radius 1 is 0.476 bits per heavy atom. The van der Waals surface area contributed by atoms with Crippen LogP contribution >= 0.6 is 25.3 Å². The first-order valence-corrected chi connectivity index (χ1v) is 26.6. The van der Waals surface area contributed by atoms with E-state index in [1.807, 2.05) is 0 Å². The molecule has 19 N–H and O–H groups in total. The molecule has 30 heteroatoms. The van der Waals surface area contributed by atoms with E-state index in [1.54, 1.807) is 30.3 Å². The highest BCUT2D eigenvalue weighted by Gasteiger charge is 2.36. The van der Waals surface area contributed by atoms with Gasteiger partial charge in [-0.15, -0.1) is 0 Å². The zero-order chi connectivity index (χ0) is 60.5. The summed E-state index contributed by atoms with van der Waals surface area (Å²) in [4.78, 5) is 154. The number of rotatable bonds is 34. The zero-order valence-corrected chi connectivity index (χ0v) is 45.8. The number of carbonyl (C=O) groups excluding carboxylic acids is 10. The van der Waals surface area contributed by atoms with E-state index in [0.717, 1.165) is 0 Å². The van der Waals surface area contributed by atoms with E-state index in [2.05, 4.69) is 77.8 Å². The lowest BCUT2D eigenvalue weighted by molar-refractivity contribution is -0.141. The number of aromatic hydroxyl groups is 2. The van der Waals surface area contributed by atoms with Crippen molar-refractivity contribution in [3.63, 3.8) is 0 Å². The first-order chi connectivity index (χ1) is 39.0. The highest BCUT2D eigenvalue weighted by molar-refractivity contribution is 7.80. The third-order valence-electron chi connectivity index (χ3n) is 12.3. The van der Waals surface area contributed by atoms with Gasteiger partial charge in [0.15, 0.2) is 0 Å². The third-order valence-corrected chi connectivity index (χ3v) is 13.1. The molecule has 0 saturated carbocycles. The molecule has 9 atom stereocenters. The summed E-state index contributed by atoms with van der Waals surface area (Å²) in [6.45, 7) is -1.11. The second-order valence-electron chi connectivity index (χ2n) is 18.7. The van der Waals surface area contributed by atoms with Crippen molar-refractivity contribution in [3.8, 4) is 11.5 Å². The van der Waals surface area contributed by atoms with Gasteiger partial charge < -0.3 is 85.1 Å². The molecule has 1 aromatic heterocycles. The second-order valence-corrected chi connectivity index (χ2v) is 19.4. The number of nitrogens with zero attached hydrogens (tertiary/aromatic N) is 1. The minimum Gasteiger partial charge on any atom is -0.508 e. The van der Waals surface area contributed by atoms with Crippen molar-refractivity contribution in [2.45, 2.75) is 106 Å². The number of aliphatic hydroxyl groups excluding tert-OH is 1. The molecule has 0 aliphatic rings. The largest absolute Gasteiger partial charge is 0.508 e. The van der Waals surface area contributed by atoms with Crippen LogP contribution in [-0.2, 0) is 78.4 Å². The molecule has 0 radical (unpaired) electrons. The number of H-pyrrole nitrogens is 1. The van der Waals surface area contributed by atoms with Crippen LogP contribution in [0.15, 0.2) is 91.4 Å². The van der Waals surface area contributed by atoms with Crippen molar-refractivity contribution < 1.29 is 73.2 Å². The molecule has 0 saturated heterocycles. The number of thiol groups is 2. The van der Waals surface area contributed by atoms with E-state index in [0.29, 0.717) is 22.4 Å². The smallest absolute Gasteiger partial charge is 0.327 e. The first kappa shape index (κ1) is 65.8. The van der Waals surface area contributed by atoms with Gasteiger partial charge in [-0.25, -0.2) is 9.78 Å². The van der Waals surface area contributed by atoms with Crippen LogP contribution < -0.4 is 59.7 Å². The van der Waals surface area contributed by atoms with Crippen LogP contribution in [0.3, 0.4) is 0 Å². The summed E-state index contributed by atoms with van der Waals surface area (Å²) in [5, 5.41) is 59.4. The Morgan fingerprint density at radius 2 is 0.829 bits per heavy atom. The molecule has 0 bridgehead atoms. The minimum atomic E-state index is -1.87. The Hall–Kier alpha value is -8.74. The summed E-state index contributed by atoms with van der Waals surface area (Å²) < 4.78 is 0. The Labute approximate surface area is 480 Å². The first-order valence-electron chi connectivity index (χ1n) is 25.4. The number of aliphatic carboxylic acids is 1. The van der Waals surface area contributed by atoms with Crippen LogP contribution in [0, 0.1) is 0 Å². The molecular formula is C52H67N13O15S2. The lowest BCUT2D eigenvalue weighted by atomic mass is 10.0. The van der Waals surface area contributed by atoms with Gasteiger partial charge in [0, 0.05) is 61.9 Å². The van der Waals surface area contributed by atoms with Crippen LogP contribution in [-0.4, -0.2) is 168 Å². The number of imidazole rings is 1. The molecule has 10 amide bonds. The third kappa shape index (κ3) is 22.1. The van der Waals surface area contributed by atoms with Crippen LogP contribution in [0.1, 0.15) is 48.1 Å². The molecule has 4 aromatic rings. The van der Waals surface area contributed by atoms with E-state index < -0.39 is 152 Å². The van der Waals surface area contributed by atoms with Crippen molar-refractivity contribution in [2.24, 2.45) is 17.2 Å². The lowest BCUT2D eigenvalue weighted by Crippen LogP contribution is -2.61. The van der Waals surface area contributed by atoms with Gasteiger partial charge in [0.05, 0.1) is 19.0 Å². The van der Waals surface area contributed by atoms with Crippen LogP contribution in [0.25, 0.3) is 0 Å². The summed E-state index contributed by atoms with van der Waals surface area (Å²) in [7, 11) is 0. The Morgan fingerprint density at radius 3 is 1.20 bits per heavy atom. The Bertz CT molecular complexity index is 2830. The number of aromatic amines is 1. The summed E-state index contributed by atoms with van der Waals surface area (Å²) >= 11 is 8.00. The van der Waals surface area contributed by atoms with Crippen molar-refractivity contribution in [3.05, 3.63) is 114 Å². The standard InChI is InChI=1S/C52H67N13O15S2/c53-33(24-81)44(71)60-36(19-28-6-10-31(67)11-7-28)47(74)62-38(20-29-8-12-32(68)13-9-29)49(76)64-40(23-66)51(78)59-34(14-16-42(54)69)45(72)61-37(18-27-4-2-1-3-5-27)48(75)63-39(21-30-22-56-26-57-30)50(77)58-35(15-17-43(55)70)46(73)65-41(25-82)52(79)80/h1-13,22,26,33-41,66-68,81-82H,14-21,23-25,53H2,(H2,54,69)(H2,55,70)(H,56,57)(H,58,77)(H,59,78)(H,60,71)(H,61,72)(H,62,74)(H,63,75)(H,64,76)(H,65,73)(H,79,80)/t33-,34-,35-,36-,37-,38-,39-,40-,41-/m0/s1. The number of nitrogens with two attached hydrogens (primary N) is 3. The number of benzene rings is 3. The maximum atomic E-state index is 14.5. The van der Waals surface area contributed by atoms with Crippen molar-refractivity contribution in [1.82, 2.24) is 52.5 Å². The maximum absolute atomic E-state index is 14.5. The number of carbonyl (C=O) groups is 11. The Kier molecular flexibility index (Phi) is 26.6. The topological polar surface area (TPSA) is 472 Å². The second kappa shape index (κ2) is 33.1. The molecule has 4 rings (SSSR count). The number of amides is 10. The van der Waals surface area contributed by atoms with Crippen LogP contribution in [0.2, 0.25) is 0 Å². The molecule has 0 aliphatic heterocycles. The van der Waals surface area contributed by atoms with Crippen molar-refractivity contribution >= 4 is 90.3 Å². The van der Waals surface area contributed by atoms with Gasteiger partial charge in [-0.3, -0.25) is 47.9 Å². The molecule has 0 unspecified atom stereocenters. The number of nitrogens with one attached hydrogen (secondary N) is 9. The summed E-state index contributed by atoms with van der Waals surface area (Å²) in [5.74, 6) is -11.9.